The molecule has 0 saturated carbocycles. The molecule has 0 aliphatic rings. The SMILES string of the molecule is CN(C)CCNC(=O)c1c(O)c2ccccc2n(-c2ccccc2)c1=O. The fourth-order valence-electron chi connectivity index (χ4n) is 2.85. The van der Waals surface area contributed by atoms with Gasteiger partial charge in [0.15, 0.2) is 0 Å². The van der Waals surface area contributed by atoms with Gasteiger partial charge in [-0.05, 0) is 38.4 Å². The van der Waals surface area contributed by atoms with E-state index in [1.54, 1.807) is 36.4 Å². The molecular formula is C20H21N3O3. The quantitative estimate of drug-likeness (QED) is 0.737. The molecule has 2 aromatic carbocycles. The molecule has 0 radical (unpaired) electrons. The van der Waals surface area contributed by atoms with Crippen molar-refractivity contribution in [3.8, 4) is 11.4 Å². The van der Waals surface area contributed by atoms with Crippen molar-refractivity contribution >= 4 is 16.8 Å². The van der Waals surface area contributed by atoms with Gasteiger partial charge in [0.2, 0.25) is 0 Å². The monoisotopic (exact) mass is 351 g/mol. The number of aromatic nitrogens is 1. The van der Waals surface area contributed by atoms with E-state index >= 15 is 0 Å². The number of likely N-dealkylation sites (N-methyl/N-ethyl adjacent to an activating group) is 1. The molecule has 0 fully saturated rings. The van der Waals surface area contributed by atoms with Crippen LogP contribution in [0.3, 0.4) is 0 Å². The number of fused-ring (bicyclic) bond motifs is 1. The third kappa shape index (κ3) is 3.32. The molecule has 0 atom stereocenters. The van der Waals surface area contributed by atoms with Crippen LogP contribution < -0.4 is 10.9 Å². The first-order valence-corrected chi connectivity index (χ1v) is 8.35. The van der Waals surface area contributed by atoms with Gasteiger partial charge in [0.05, 0.1) is 5.52 Å². The van der Waals surface area contributed by atoms with Crippen molar-refractivity contribution in [2.75, 3.05) is 27.2 Å². The van der Waals surface area contributed by atoms with Crippen LogP contribution in [0.4, 0.5) is 0 Å². The van der Waals surface area contributed by atoms with Crippen molar-refractivity contribution in [1.29, 1.82) is 0 Å². The van der Waals surface area contributed by atoms with Crippen molar-refractivity contribution in [3.05, 3.63) is 70.5 Å². The van der Waals surface area contributed by atoms with Crippen LogP contribution in [0.5, 0.6) is 5.75 Å². The van der Waals surface area contributed by atoms with Crippen LogP contribution in [0, 0.1) is 0 Å². The van der Waals surface area contributed by atoms with Crippen LogP contribution in [-0.4, -0.2) is 47.7 Å². The fraction of sp³-hybridized carbons (Fsp3) is 0.200. The Morgan fingerprint density at radius 3 is 2.42 bits per heavy atom. The number of benzene rings is 2. The lowest BCUT2D eigenvalue weighted by molar-refractivity contribution is 0.0947. The molecule has 1 aromatic heterocycles. The summed E-state index contributed by atoms with van der Waals surface area (Å²) in [4.78, 5) is 27.6. The van der Waals surface area contributed by atoms with Crippen LogP contribution >= 0.6 is 0 Å². The van der Waals surface area contributed by atoms with Gasteiger partial charge >= 0.3 is 0 Å². The molecule has 134 valence electrons. The van der Waals surface area contributed by atoms with E-state index in [0.29, 0.717) is 29.7 Å². The van der Waals surface area contributed by atoms with Crippen LogP contribution in [0.1, 0.15) is 10.4 Å². The minimum Gasteiger partial charge on any atom is -0.506 e. The summed E-state index contributed by atoms with van der Waals surface area (Å²) in [5.41, 5.74) is 0.392. The standard InChI is InChI=1S/C20H21N3O3/c1-22(2)13-12-21-19(25)17-18(24)15-10-6-7-11-16(15)23(20(17)26)14-8-4-3-5-9-14/h3-11,24H,12-13H2,1-2H3,(H,21,25). The maximum atomic E-state index is 13.1. The highest BCUT2D eigenvalue weighted by Crippen LogP contribution is 2.27. The maximum Gasteiger partial charge on any atom is 0.272 e. The van der Waals surface area contributed by atoms with E-state index in [2.05, 4.69) is 5.32 Å². The third-order valence-corrected chi connectivity index (χ3v) is 4.14. The number of para-hydroxylation sites is 2. The number of hydrogen-bond acceptors (Lipinski definition) is 4. The van der Waals surface area contributed by atoms with E-state index in [1.165, 1.54) is 4.57 Å². The Balaban J connectivity index is 2.18. The molecule has 6 nitrogen and oxygen atoms in total. The van der Waals surface area contributed by atoms with Gasteiger partial charge in [0, 0.05) is 24.2 Å². The molecule has 2 N–H and O–H groups in total. The minimum atomic E-state index is -0.579. The molecule has 1 heterocycles. The second-order valence-electron chi connectivity index (χ2n) is 6.28. The zero-order valence-electron chi connectivity index (χ0n) is 14.8. The Morgan fingerprint density at radius 2 is 1.73 bits per heavy atom. The van der Waals surface area contributed by atoms with Gasteiger partial charge < -0.3 is 15.3 Å². The highest BCUT2D eigenvalue weighted by atomic mass is 16.3. The van der Waals surface area contributed by atoms with Crippen LogP contribution in [-0.2, 0) is 0 Å². The summed E-state index contributed by atoms with van der Waals surface area (Å²) in [6.07, 6.45) is 0. The first kappa shape index (κ1) is 17.7. The smallest absolute Gasteiger partial charge is 0.272 e. The highest BCUT2D eigenvalue weighted by Gasteiger charge is 2.22. The Hall–Kier alpha value is -3.12. The third-order valence-electron chi connectivity index (χ3n) is 4.14. The number of aromatic hydroxyl groups is 1. The maximum absolute atomic E-state index is 13.1. The number of carbonyl (C=O) groups excluding carboxylic acids is 1. The van der Waals surface area contributed by atoms with E-state index in [9.17, 15) is 14.7 Å². The van der Waals surface area contributed by atoms with E-state index in [1.807, 2.05) is 37.2 Å². The number of carbonyl (C=O) groups is 1. The zero-order chi connectivity index (χ0) is 18.7. The second kappa shape index (κ2) is 7.41. The van der Waals surface area contributed by atoms with E-state index in [-0.39, 0.29) is 11.3 Å². The Morgan fingerprint density at radius 1 is 1.08 bits per heavy atom. The summed E-state index contributed by atoms with van der Waals surface area (Å²) in [5, 5.41) is 13.7. The van der Waals surface area contributed by atoms with Crippen LogP contribution in [0.25, 0.3) is 16.6 Å². The lowest BCUT2D eigenvalue weighted by Crippen LogP contribution is -2.36. The first-order chi connectivity index (χ1) is 12.5. The molecule has 0 aliphatic carbocycles. The fourth-order valence-corrected chi connectivity index (χ4v) is 2.85. The zero-order valence-corrected chi connectivity index (χ0v) is 14.8. The molecule has 0 aliphatic heterocycles. The predicted molar refractivity (Wildman–Crippen MR) is 102 cm³/mol. The summed E-state index contributed by atoms with van der Waals surface area (Å²) in [5.74, 6) is -0.870. The minimum absolute atomic E-state index is 0.244. The van der Waals surface area contributed by atoms with Crippen LogP contribution in [0.2, 0.25) is 0 Å². The van der Waals surface area contributed by atoms with Gasteiger partial charge in [-0.2, -0.15) is 0 Å². The van der Waals surface area contributed by atoms with Gasteiger partial charge in [-0.1, -0.05) is 30.3 Å². The Bertz CT molecular complexity index is 994. The predicted octanol–water partition coefficient (Wildman–Crippen LogP) is 1.99. The molecule has 0 saturated heterocycles. The molecule has 0 bridgehead atoms. The molecule has 1 amide bonds. The second-order valence-corrected chi connectivity index (χ2v) is 6.28. The van der Waals surface area contributed by atoms with Crippen LogP contribution in [0.15, 0.2) is 59.4 Å². The molecule has 0 spiro atoms. The van der Waals surface area contributed by atoms with Gasteiger partial charge in [-0.25, -0.2) is 0 Å². The normalized spacial score (nSPS) is 11.0. The van der Waals surface area contributed by atoms with Gasteiger partial charge in [0.1, 0.15) is 11.3 Å². The molecular weight excluding hydrogens is 330 g/mol. The summed E-state index contributed by atoms with van der Waals surface area (Å²) < 4.78 is 1.45. The largest absolute Gasteiger partial charge is 0.506 e. The number of nitrogens with one attached hydrogen (secondary N) is 1. The van der Waals surface area contributed by atoms with Crippen molar-refractivity contribution in [3.63, 3.8) is 0 Å². The van der Waals surface area contributed by atoms with Crippen molar-refractivity contribution in [2.24, 2.45) is 0 Å². The van der Waals surface area contributed by atoms with Crippen molar-refractivity contribution in [1.82, 2.24) is 14.8 Å². The summed E-state index contributed by atoms with van der Waals surface area (Å²) in [7, 11) is 3.78. The average molecular weight is 351 g/mol. The van der Waals surface area contributed by atoms with Gasteiger partial charge in [-0.3, -0.25) is 14.2 Å². The van der Waals surface area contributed by atoms with Crippen molar-refractivity contribution in [2.45, 2.75) is 0 Å². The molecule has 6 heteroatoms. The Kier molecular flexibility index (Phi) is 5.04. The summed E-state index contributed by atoms with van der Waals surface area (Å²) in [6, 6.07) is 16.1. The topological polar surface area (TPSA) is 74.6 Å². The van der Waals surface area contributed by atoms with E-state index in [0.717, 1.165) is 0 Å². The lowest BCUT2D eigenvalue weighted by Gasteiger charge is -2.15. The lowest BCUT2D eigenvalue weighted by atomic mass is 10.1. The average Bonchev–Trinajstić information content (AvgIpc) is 2.62. The van der Waals surface area contributed by atoms with Gasteiger partial charge in [-0.15, -0.1) is 0 Å². The van der Waals surface area contributed by atoms with E-state index in [4.69, 9.17) is 0 Å². The molecule has 0 unspecified atom stereocenters. The number of amides is 1. The number of pyridine rings is 1. The van der Waals surface area contributed by atoms with Crippen molar-refractivity contribution < 1.29 is 9.90 Å². The first-order valence-electron chi connectivity index (χ1n) is 8.35. The number of hydrogen-bond donors (Lipinski definition) is 2. The summed E-state index contributed by atoms with van der Waals surface area (Å²) >= 11 is 0. The molecule has 26 heavy (non-hydrogen) atoms. The van der Waals surface area contributed by atoms with Gasteiger partial charge in [0.25, 0.3) is 11.5 Å². The summed E-state index contributed by atoms with van der Waals surface area (Å²) in [6.45, 7) is 1.01. The molecule has 3 rings (SSSR count). The number of nitrogens with zero attached hydrogens (tertiary/aromatic N) is 2. The Labute approximate surface area is 151 Å². The highest BCUT2D eigenvalue weighted by molar-refractivity contribution is 6.02. The molecule has 3 aromatic rings. The number of rotatable bonds is 5. The van der Waals surface area contributed by atoms with E-state index < -0.39 is 11.5 Å².